The van der Waals surface area contributed by atoms with Crippen LogP contribution in [0.2, 0.25) is 0 Å². The molecule has 0 aliphatic heterocycles. The number of hydrogen-bond acceptors (Lipinski definition) is 5. The van der Waals surface area contributed by atoms with E-state index in [1.54, 1.807) is 6.08 Å². The summed E-state index contributed by atoms with van der Waals surface area (Å²) in [6.07, 6.45) is 59.0. The lowest BCUT2D eigenvalue weighted by Crippen LogP contribution is -2.45. The van der Waals surface area contributed by atoms with Crippen LogP contribution in [0.4, 0.5) is 0 Å². The number of amides is 1. The first-order valence-electron chi connectivity index (χ1n) is 26.6. The molecule has 6 nitrogen and oxygen atoms in total. The van der Waals surface area contributed by atoms with Crippen molar-refractivity contribution in [1.82, 2.24) is 5.32 Å². The Morgan fingerprint density at radius 3 is 1.18 bits per heavy atom. The van der Waals surface area contributed by atoms with E-state index in [2.05, 4.69) is 31.3 Å². The van der Waals surface area contributed by atoms with Gasteiger partial charge in [0, 0.05) is 12.8 Å². The fourth-order valence-electron chi connectivity index (χ4n) is 8.10. The maximum absolute atomic E-state index is 12.4. The maximum atomic E-state index is 12.4. The second-order valence-electron chi connectivity index (χ2n) is 18.2. The van der Waals surface area contributed by atoms with Gasteiger partial charge in [0.05, 0.1) is 25.4 Å². The van der Waals surface area contributed by atoms with Crippen LogP contribution >= 0.6 is 0 Å². The van der Waals surface area contributed by atoms with Crippen molar-refractivity contribution in [3.63, 3.8) is 0 Å². The predicted octanol–water partition coefficient (Wildman–Crippen LogP) is 15.9. The molecule has 60 heavy (non-hydrogen) atoms. The molecule has 2 unspecified atom stereocenters. The number of unbranched alkanes of at least 4 members (excludes halogenated alkanes) is 36. The summed E-state index contributed by atoms with van der Waals surface area (Å²) in [5.74, 6) is -0.0759. The smallest absolute Gasteiger partial charge is 0.305 e. The first kappa shape index (κ1) is 58.3. The molecule has 0 saturated heterocycles. The van der Waals surface area contributed by atoms with Gasteiger partial charge in [0.25, 0.3) is 0 Å². The summed E-state index contributed by atoms with van der Waals surface area (Å²) in [5.41, 5.74) is 0. The first-order chi connectivity index (χ1) is 29.5. The van der Waals surface area contributed by atoms with E-state index in [1.807, 2.05) is 6.08 Å². The van der Waals surface area contributed by atoms with Gasteiger partial charge < -0.3 is 20.3 Å². The van der Waals surface area contributed by atoms with E-state index in [9.17, 15) is 19.8 Å². The zero-order valence-corrected chi connectivity index (χ0v) is 40.2. The summed E-state index contributed by atoms with van der Waals surface area (Å²) >= 11 is 0. The number of esters is 1. The molecule has 0 bridgehead atoms. The fourth-order valence-corrected chi connectivity index (χ4v) is 8.10. The Balaban J connectivity index is 3.41. The van der Waals surface area contributed by atoms with E-state index in [1.165, 1.54) is 212 Å². The summed E-state index contributed by atoms with van der Waals surface area (Å²) in [4.78, 5) is 24.4. The van der Waals surface area contributed by atoms with Gasteiger partial charge in [-0.05, 0) is 57.8 Å². The van der Waals surface area contributed by atoms with E-state index >= 15 is 0 Å². The molecular weight excluding hydrogens is 743 g/mol. The van der Waals surface area contributed by atoms with Crippen LogP contribution in [0, 0.1) is 0 Å². The van der Waals surface area contributed by atoms with Gasteiger partial charge in [-0.15, -0.1) is 0 Å². The van der Waals surface area contributed by atoms with E-state index in [4.69, 9.17) is 4.74 Å². The van der Waals surface area contributed by atoms with E-state index in [0.29, 0.717) is 19.4 Å². The highest BCUT2D eigenvalue weighted by Gasteiger charge is 2.18. The van der Waals surface area contributed by atoms with Crippen molar-refractivity contribution in [1.29, 1.82) is 0 Å². The van der Waals surface area contributed by atoms with Crippen molar-refractivity contribution < 1.29 is 24.5 Å². The van der Waals surface area contributed by atoms with Crippen LogP contribution in [0.3, 0.4) is 0 Å². The summed E-state index contributed by atoms with van der Waals surface area (Å²) in [6, 6.07) is -0.629. The third kappa shape index (κ3) is 45.9. The molecule has 0 aromatic carbocycles. The molecule has 1 amide bonds. The van der Waals surface area contributed by atoms with Crippen molar-refractivity contribution in [2.24, 2.45) is 0 Å². The zero-order valence-electron chi connectivity index (χ0n) is 40.2. The molecule has 0 saturated carbocycles. The lowest BCUT2D eigenvalue weighted by molar-refractivity contribution is -0.143. The second kappa shape index (κ2) is 50.0. The van der Waals surface area contributed by atoms with Crippen LogP contribution in [0.25, 0.3) is 0 Å². The largest absolute Gasteiger partial charge is 0.466 e. The summed E-state index contributed by atoms with van der Waals surface area (Å²) in [6.45, 7) is 4.87. The number of aliphatic hydroxyl groups is 2. The highest BCUT2D eigenvalue weighted by Crippen LogP contribution is 2.16. The SMILES string of the molecule is CCCCCCCC/C=C\CCCCCCCC(=O)OCCCCCCCCCCCCCCCCCCCCC(=O)NC(CO)C(O)/C=C/CCCCCCCCCC. The van der Waals surface area contributed by atoms with Crippen LogP contribution in [-0.4, -0.2) is 47.4 Å². The van der Waals surface area contributed by atoms with Gasteiger partial charge in [0.1, 0.15) is 0 Å². The normalized spacial score (nSPS) is 12.8. The van der Waals surface area contributed by atoms with Crippen LogP contribution in [0.15, 0.2) is 24.3 Å². The molecule has 0 radical (unpaired) electrons. The fraction of sp³-hybridized carbons (Fsp3) is 0.889. The average Bonchev–Trinajstić information content (AvgIpc) is 3.25. The molecule has 6 heteroatoms. The van der Waals surface area contributed by atoms with Gasteiger partial charge in [-0.1, -0.05) is 237 Å². The van der Waals surface area contributed by atoms with E-state index < -0.39 is 12.1 Å². The number of nitrogens with one attached hydrogen (secondary N) is 1. The van der Waals surface area contributed by atoms with Crippen molar-refractivity contribution >= 4 is 11.9 Å². The lowest BCUT2D eigenvalue weighted by Gasteiger charge is -2.20. The Kier molecular flexibility index (Phi) is 48.6. The van der Waals surface area contributed by atoms with Crippen LogP contribution in [0.5, 0.6) is 0 Å². The minimum absolute atomic E-state index is 0.00185. The van der Waals surface area contributed by atoms with Gasteiger partial charge in [-0.2, -0.15) is 0 Å². The Labute approximate surface area is 373 Å². The second-order valence-corrected chi connectivity index (χ2v) is 18.2. The van der Waals surface area contributed by atoms with Gasteiger partial charge in [0.2, 0.25) is 5.91 Å². The summed E-state index contributed by atoms with van der Waals surface area (Å²) < 4.78 is 5.47. The highest BCUT2D eigenvalue weighted by atomic mass is 16.5. The Bertz CT molecular complexity index is 935. The number of aliphatic hydroxyl groups excluding tert-OH is 2. The molecule has 0 aromatic heterocycles. The van der Waals surface area contributed by atoms with Crippen molar-refractivity contribution in [2.45, 2.75) is 296 Å². The zero-order chi connectivity index (χ0) is 43.7. The van der Waals surface area contributed by atoms with Gasteiger partial charge in [-0.25, -0.2) is 0 Å². The van der Waals surface area contributed by atoms with Crippen molar-refractivity contribution in [3.8, 4) is 0 Å². The third-order valence-electron chi connectivity index (χ3n) is 12.2. The minimum Gasteiger partial charge on any atom is -0.466 e. The molecule has 0 spiro atoms. The van der Waals surface area contributed by atoms with Gasteiger partial charge >= 0.3 is 5.97 Å². The number of ether oxygens (including phenoxy) is 1. The molecular formula is C54H103NO5. The molecule has 354 valence electrons. The lowest BCUT2D eigenvalue weighted by atomic mass is 10.0. The highest BCUT2D eigenvalue weighted by molar-refractivity contribution is 5.76. The molecule has 0 aromatic rings. The standard InChI is InChI=1S/C54H103NO5/c1-3-5-7-9-11-13-15-16-21-25-28-32-36-40-44-48-54(59)60-49-45-41-37-33-29-26-23-20-18-17-19-22-24-27-31-35-39-43-47-53(58)55-51(50-56)52(57)46-42-38-34-30-14-12-10-8-6-4-2/h16,21,42,46,51-52,56-57H,3-15,17-20,22-41,43-45,47-50H2,1-2H3,(H,55,58)/b21-16-,46-42+. The minimum atomic E-state index is -0.845. The monoisotopic (exact) mass is 846 g/mol. The molecule has 0 fully saturated rings. The summed E-state index contributed by atoms with van der Waals surface area (Å²) in [7, 11) is 0. The van der Waals surface area contributed by atoms with E-state index in [-0.39, 0.29) is 18.5 Å². The Morgan fingerprint density at radius 2 is 0.783 bits per heavy atom. The van der Waals surface area contributed by atoms with Gasteiger partial charge in [0.15, 0.2) is 0 Å². The third-order valence-corrected chi connectivity index (χ3v) is 12.2. The average molecular weight is 846 g/mol. The molecule has 3 N–H and O–H groups in total. The van der Waals surface area contributed by atoms with Crippen LogP contribution in [-0.2, 0) is 14.3 Å². The molecule has 0 heterocycles. The number of rotatable bonds is 49. The topological polar surface area (TPSA) is 95.9 Å². The number of allylic oxidation sites excluding steroid dienone is 3. The predicted molar refractivity (Wildman–Crippen MR) is 260 cm³/mol. The Morgan fingerprint density at radius 1 is 0.450 bits per heavy atom. The molecule has 0 aliphatic carbocycles. The first-order valence-corrected chi connectivity index (χ1v) is 26.6. The summed E-state index contributed by atoms with van der Waals surface area (Å²) in [5, 5.41) is 22.9. The van der Waals surface area contributed by atoms with Gasteiger partial charge in [-0.3, -0.25) is 9.59 Å². The number of carbonyl (C=O) groups is 2. The van der Waals surface area contributed by atoms with E-state index in [0.717, 1.165) is 44.9 Å². The Hall–Kier alpha value is -1.66. The maximum Gasteiger partial charge on any atom is 0.305 e. The quantitative estimate of drug-likeness (QED) is 0.0322. The van der Waals surface area contributed by atoms with Crippen LogP contribution < -0.4 is 5.32 Å². The molecule has 0 rings (SSSR count). The number of hydrogen-bond donors (Lipinski definition) is 3. The number of carbonyl (C=O) groups excluding carboxylic acids is 2. The molecule has 0 aliphatic rings. The van der Waals surface area contributed by atoms with Crippen molar-refractivity contribution in [3.05, 3.63) is 24.3 Å². The molecule has 2 atom stereocenters. The van der Waals surface area contributed by atoms with Crippen molar-refractivity contribution in [2.75, 3.05) is 13.2 Å². The van der Waals surface area contributed by atoms with Crippen LogP contribution in [0.1, 0.15) is 284 Å².